The average molecular weight is 478 g/mol. The third-order valence-corrected chi connectivity index (χ3v) is 6.48. The predicted molar refractivity (Wildman–Crippen MR) is 134 cm³/mol. The van der Waals surface area contributed by atoms with E-state index < -0.39 is 17.7 Å². The molecule has 7 heteroatoms. The SMILES string of the molecule is CC(C)(C)OC(=O)N[C@@H](CCC(=O)NC1Cc2ccccc2C1)C(=O)NC1Cc2ccccc2C1. The van der Waals surface area contributed by atoms with Gasteiger partial charge in [-0.1, -0.05) is 48.5 Å². The highest BCUT2D eigenvalue weighted by atomic mass is 16.6. The highest BCUT2D eigenvalue weighted by molar-refractivity contribution is 5.87. The molecule has 1 atom stereocenters. The summed E-state index contributed by atoms with van der Waals surface area (Å²) in [6, 6.07) is 15.5. The van der Waals surface area contributed by atoms with E-state index in [0.717, 1.165) is 25.7 Å². The van der Waals surface area contributed by atoms with Gasteiger partial charge in [-0.2, -0.15) is 0 Å². The van der Waals surface area contributed by atoms with Crippen molar-refractivity contribution in [1.29, 1.82) is 0 Å². The minimum Gasteiger partial charge on any atom is -0.444 e. The molecule has 3 amide bonds. The topological polar surface area (TPSA) is 96.5 Å². The lowest BCUT2D eigenvalue weighted by atomic mass is 10.1. The van der Waals surface area contributed by atoms with Crippen molar-refractivity contribution in [1.82, 2.24) is 16.0 Å². The van der Waals surface area contributed by atoms with Crippen LogP contribution in [0.4, 0.5) is 4.79 Å². The zero-order valence-electron chi connectivity index (χ0n) is 20.7. The molecule has 7 nitrogen and oxygen atoms in total. The molecular weight excluding hydrogens is 442 g/mol. The number of carbonyl (C=O) groups excluding carboxylic acids is 3. The molecule has 0 unspecified atom stereocenters. The van der Waals surface area contributed by atoms with Crippen molar-refractivity contribution in [3.05, 3.63) is 70.8 Å². The van der Waals surface area contributed by atoms with Crippen LogP contribution in [-0.4, -0.2) is 41.6 Å². The van der Waals surface area contributed by atoms with Crippen molar-refractivity contribution in [3.8, 4) is 0 Å². The van der Waals surface area contributed by atoms with Crippen molar-refractivity contribution in [2.45, 2.75) is 83.0 Å². The summed E-state index contributed by atoms with van der Waals surface area (Å²) < 4.78 is 5.36. The highest BCUT2D eigenvalue weighted by Crippen LogP contribution is 2.23. The van der Waals surface area contributed by atoms with E-state index in [9.17, 15) is 14.4 Å². The zero-order chi connectivity index (χ0) is 25.0. The summed E-state index contributed by atoms with van der Waals surface area (Å²) >= 11 is 0. The Hall–Kier alpha value is -3.35. The fourth-order valence-electron chi connectivity index (χ4n) is 4.92. The van der Waals surface area contributed by atoms with Gasteiger partial charge >= 0.3 is 6.09 Å². The van der Waals surface area contributed by atoms with Gasteiger partial charge in [-0.25, -0.2) is 4.79 Å². The number of ether oxygens (including phenoxy) is 1. The maximum atomic E-state index is 13.1. The van der Waals surface area contributed by atoms with Gasteiger partial charge in [0.05, 0.1) is 0 Å². The van der Waals surface area contributed by atoms with Crippen LogP contribution in [0.1, 0.15) is 55.9 Å². The molecule has 35 heavy (non-hydrogen) atoms. The lowest BCUT2D eigenvalue weighted by Crippen LogP contribution is -2.51. The van der Waals surface area contributed by atoms with E-state index in [0.29, 0.717) is 0 Å². The van der Waals surface area contributed by atoms with Crippen molar-refractivity contribution in [2.75, 3.05) is 0 Å². The van der Waals surface area contributed by atoms with E-state index in [1.54, 1.807) is 20.8 Å². The van der Waals surface area contributed by atoms with Crippen LogP contribution in [-0.2, 0) is 40.0 Å². The smallest absolute Gasteiger partial charge is 0.408 e. The number of hydrogen-bond donors (Lipinski definition) is 3. The number of benzene rings is 2. The summed E-state index contributed by atoms with van der Waals surface area (Å²) in [5.74, 6) is -0.422. The summed E-state index contributed by atoms with van der Waals surface area (Å²) in [5, 5.41) is 8.82. The molecule has 3 N–H and O–H groups in total. The van der Waals surface area contributed by atoms with Gasteiger partial charge < -0.3 is 20.7 Å². The lowest BCUT2D eigenvalue weighted by Gasteiger charge is -2.24. The van der Waals surface area contributed by atoms with E-state index in [4.69, 9.17) is 4.74 Å². The Bertz CT molecular complexity index is 1040. The number of nitrogens with one attached hydrogen (secondary N) is 3. The number of amides is 3. The van der Waals surface area contributed by atoms with E-state index in [2.05, 4.69) is 40.2 Å². The summed E-state index contributed by atoms with van der Waals surface area (Å²) in [5.41, 5.74) is 4.30. The molecule has 0 fully saturated rings. The fourth-order valence-corrected chi connectivity index (χ4v) is 4.92. The Labute approximate surface area is 207 Å². The molecule has 2 aliphatic carbocycles. The third kappa shape index (κ3) is 6.84. The number of hydrogen-bond acceptors (Lipinski definition) is 4. The molecule has 2 aromatic rings. The average Bonchev–Trinajstić information content (AvgIpc) is 3.37. The largest absolute Gasteiger partial charge is 0.444 e. The summed E-state index contributed by atoms with van der Waals surface area (Å²) in [6.07, 6.45) is 2.78. The first-order valence-corrected chi connectivity index (χ1v) is 12.4. The maximum absolute atomic E-state index is 13.1. The van der Waals surface area contributed by atoms with Gasteiger partial charge in [-0.05, 0) is 75.1 Å². The van der Waals surface area contributed by atoms with Crippen LogP contribution < -0.4 is 16.0 Å². The number of alkyl carbamates (subject to hydrolysis) is 1. The second kappa shape index (κ2) is 10.5. The van der Waals surface area contributed by atoms with E-state index in [1.165, 1.54) is 22.3 Å². The Morgan fingerprint density at radius 1 is 0.829 bits per heavy atom. The first kappa shape index (κ1) is 24.8. The molecule has 0 radical (unpaired) electrons. The highest BCUT2D eigenvalue weighted by Gasteiger charge is 2.29. The van der Waals surface area contributed by atoms with Crippen LogP contribution in [0.2, 0.25) is 0 Å². The summed E-state index contributed by atoms with van der Waals surface area (Å²) in [4.78, 5) is 38.3. The van der Waals surface area contributed by atoms with Gasteiger partial charge in [0.1, 0.15) is 11.6 Å². The van der Waals surface area contributed by atoms with E-state index in [1.807, 2.05) is 24.3 Å². The Morgan fingerprint density at radius 2 is 1.29 bits per heavy atom. The van der Waals surface area contributed by atoms with E-state index >= 15 is 0 Å². The molecular formula is C28H35N3O4. The lowest BCUT2D eigenvalue weighted by molar-refractivity contribution is -0.125. The molecule has 2 aliphatic rings. The molecule has 0 aliphatic heterocycles. The standard InChI is InChI=1S/C28H35N3O4/c1-28(2,3)35-27(34)31-24(26(33)30-23-16-20-10-6-7-11-21(20)17-23)12-13-25(32)29-22-14-18-8-4-5-9-19(18)15-22/h4-11,22-24H,12-17H2,1-3H3,(H,29,32)(H,30,33)(H,31,34)/t24-/m0/s1. The molecule has 0 aromatic heterocycles. The van der Waals surface area contributed by atoms with Crippen molar-refractivity contribution >= 4 is 17.9 Å². The molecule has 0 spiro atoms. The van der Waals surface area contributed by atoms with Crippen molar-refractivity contribution < 1.29 is 19.1 Å². The van der Waals surface area contributed by atoms with Crippen LogP contribution in [0.15, 0.2) is 48.5 Å². The molecule has 0 saturated carbocycles. The summed E-state index contributed by atoms with van der Waals surface area (Å²) in [7, 11) is 0. The van der Waals surface area contributed by atoms with Crippen molar-refractivity contribution in [3.63, 3.8) is 0 Å². The summed E-state index contributed by atoms with van der Waals surface area (Å²) in [6.45, 7) is 5.30. The van der Waals surface area contributed by atoms with Gasteiger partial charge in [0.25, 0.3) is 0 Å². The molecule has 0 saturated heterocycles. The van der Waals surface area contributed by atoms with Crippen LogP contribution in [0.25, 0.3) is 0 Å². The molecule has 0 heterocycles. The third-order valence-electron chi connectivity index (χ3n) is 6.48. The van der Waals surface area contributed by atoms with Crippen LogP contribution >= 0.6 is 0 Å². The molecule has 2 aromatic carbocycles. The van der Waals surface area contributed by atoms with Gasteiger partial charge in [-0.3, -0.25) is 9.59 Å². The number of rotatable bonds is 7. The van der Waals surface area contributed by atoms with Crippen LogP contribution in [0.3, 0.4) is 0 Å². The molecule has 0 bridgehead atoms. The first-order chi connectivity index (χ1) is 16.7. The fraction of sp³-hybridized carbons (Fsp3) is 0.464. The maximum Gasteiger partial charge on any atom is 0.408 e. The molecule has 186 valence electrons. The quantitative estimate of drug-likeness (QED) is 0.571. The van der Waals surface area contributed by atoms with Gasteiger partial charge in [-0.15, -0.1) is 0 Å². The monoisotopic (exact) mass is 477 g/mol. The van der Waals surface area contributed by atoms with Crippen LogP contribution in [0, 0.1) is 0 Å². The Balaban J connectivity index is 1.33. The normalized spacial score (nSPS) is 16.2. The van der Waals surface area contributed by atoms with Crippen molar-refractivity contribution in [2.24, 2.45) is 0 Å². The Kier molecular flexibility index (Phi) is 7.43. The zero-order valence-corrected chi connectivity index (χ0v) is 20.7. The van der Waals surface area contributed by atoms with Crippen LogP contribution in [0.5, 0.6) is 0 Å². The van der Waals surface area contributed by atoms with Gasteiger partial charge in [0.2, 0.25) is 11.8 Å². The number of carbonyl (C=O) groups is 3. The van der Waals surface area contributed by atoms with E-state index in [-0.39, 0.29) is 36.7 Å². The minimum absolute atomic E-state index is 0.0337. The Morgan fingerprint density at radius 3 is 1.74 bits per heavy atom. The first-order valence-electron chi connectivity index (χ1n) is 12.4. The van der Waals surface area contributed by atoms with Gasteiger partial charge in [0.15, 0.2) is 0 Å². The predicted octanol–water partition coefficient (Wildman–Crippen LogP) is 3.23. The second-order valence-electron chi connectivity index (χ2n) is 10.6. The van der Waals surface area contributed by atoms with Gasteiger partial charge in [0, 0.05) is 18.5 Å². The molecule has 4 rings (SSSR count). The second-order valence-corrected chi connectivity index (χ2v) is 10.6. The minimum atomic E-state index is -0.861. The number of fused-ring (bicyclic) bond motifs is 2.